The molecule has 130 valence electrons. The predicted octanol–water partition coefficient (Wildman–Crippen LogP) is 5.53. The minimum Gasteiger partial charge on any atom is -0.335 e. The van der Waals surface area contributed by atoms with Crippen molar-refractivity contribution in [3.05, 3.63) is 59.7 Å². The van der Waals surface area contributed by atoms with Gasteiger partial charge in [0.2, 0.25) is 6.29 Å². The highest BCUT2D eigenvalue weighted by molar-refractivity contribution is 5.27. The van der Waals surface area contributed by atoms with Crippen LogP contribution in [0.3, 0.4) is 0 Å². The van der Waals surface area contributed by atoms with Gasteiger partial charge in [-0.15, -0.1) is 0 Å². The molecule has 2 aromatic carbocycles. The van der Waals surface area contributed by atoms with Crippen LogP contribution in [0.1, 0.15) is 43.7 Å². The molecule has 0 amide bonds. The second kappa shape index (κ2) is 9.96. The van der Waals surface area contributed by atoms with Crippen molar-refractivity contribution < 1.29 is 19.6 Å². The molecule has 0 saturated heterocycles. The fourth-order valence-corrected chi connectivity index (χ4v) is 2.23. The molecule has 24 heavy (non-hydrogen) atoms. The Labute approximate surface area is 144 Å². The molecule has 0 radical (unpaired) electrons. The fraction of sp³-hybridized carbons (Fsp3) is 0.400. The van der Waals surface area contributed by atoms with E-state index in [1.54, 1.807) is 0 Å². The molecule has 0 heterocycles. The van der Waals surface area contributed by atoms with Crippen molar-refractivity contribution in [3.8, 4) is 11.5 Å². The molecule has 0 saturated carbocycles. The van der Waals surface area contributed by atoms with Gasteiger partial charge in [0.05, 0.1) is 0 Å². The summed E-state index contributed by atoms with van der Waals surface area (Å²) in [5.41, 5.74) is 2.21. The lowest BCUT2D eigenvalue weighted by molar-refractivity contribution is -0.400. The molecule has 4 heteroatoms. The molecule has 0 aliphatic rings. The average molecular weight is 330 g/mol. The first-order valence-electron chi connectivity index (χ1n) is 8.47. The maximum atomic E-state index is 5.43. The van der Waals surface area contributed by atoms with Gasteiger partial charge in [-0.05, 0) is 55.7 Å². The summed E-state index contributed by atoms with van der Waals surface area (Å²) in [4.78, 5) is 21.6. The normalized spacial score (nSPS) is 10.8. The zero-order valence-corrected chi connectivity index (χ0v) is 14.7. The number of rotatable bonds is 10. The summed E-state index contributed by atoms with van der Waals surface area (Å²) in [6.45, 7) is 6.16. The Morgan fingerprint density at radius 1 is 0.792 bits per heavy atom. The standard InChI is InChI=1S/C20H26O4/c1-4-5-6-13-20(23-21-18-11-7-9-16(2)14-18)24-22-19-12-8-10-17(3)15-19/h7-12,14-15,20H,4-6,13H2,1-3H3. The van der Waals surface area contributed by atoms with E-state index in [2.05, 4.69) is 6.92 Å². The minimum atomic E-state index is -0.586. The topological polar surface area (TPSA) is 36.9 Å². The third kappa shape index (κ3) is 6.60. The van der Waals surface area contributed by atoms with Crippen LogP contribution in [0.4, 0.5) is 0 Å². The van der Waals surface area contributed by atoms with Crippen LogP contribution in [0, 0.1) is 13.8 Å². The molecule has 2 aromatic rings. The lowest BCUT2D eigenvalue weighted by atomic mass is 10.2. The van der Waals surface area contributed by atoms with Gasteiger partial charge in [0.1, 0.15) is 0 Å². The maximum Gasteiger partial charge on any atom is 0.247 e. The van der Waals surface area contributed by atoms with Crippen molar-refractivity contribution in [3.63, 3.8) is 0 Å². The minimum absolute atomic E-state index is 0.586. The van der Waals surface area contributed by atoms with Crippen molar-refractivity contribution in [2.24, 2.45) is 0 Å². The van der Waals surface area contributed by atoms with E-state index in [-0.39, 0.29) is 0 Å². The van der Waals surface area contributed by atoms with Crippen LogP contribution in [0.2, 0.25) is 0 Å². The van der Waals surface area contributed by atoms with E-state index in [1.807, 2.05) is 62.4 Å². The fourth-order valence-electron chi connectivity index (χ4n) is 2.23. The highest BCUT2D eigenvalue weighted by Gasteiger charge is 2.14. The lowest BCUT2D eigenvalue weighted by Crippen LogP contribution is -2.21. The van der Waals surface area contributed by atoms with E-state index in [4.69, 9.17) is 19.6 Å². The molecule has 0 atom stereocenters. The molecule has 4 nitrogen and oxygen atoms in total. The average Bonchev–Trinajstić information content (AvgIpc) is 2.57. The molecule has 0 aromatic heterocycles. The van der Waals surface area contributed by atoms with E-state index >= 15 is 0 Å². The molecular formula is C20H26O4. The first-order chi connectivity index (χ1) is 11.7. The van der Waals surface area contributed by atoms with Crippen LogP contribution in [0.15, 0.2) is 48.5 Å². The van der Waals surface area contributed by atoms with Gasteiger partial charge >= 0.3 is 0 Å². The van der Waals surface area contributed by atoms with Gasteiger partial charge in [-0.2, -0.15) is 9.78 Å². The van der Waals surface area contributed by atoms with E-state index in [9.17, 15) is 0 Å². The summed E-state index contributed by atoms with van der Waals surface area (Å²) in [6, 6.07) is 15.4. The van der Waals surface area contributed by atoms with Crippen LogP contribution in [-0.2, 0) is 9.78 Å². The Morgan fingerprint density at radius 2 is 1.33 bits per heavy atom. The third-order valence-corrected chi connectivity index (χ3v) is 3.53. The van der Waals surface area contributed by atoms with Gasteiger partial charge in [-0.3, -0.25) is 0 Å². The quantitative estimate of drug-likeness (QED) is 0.248. The van der Waals surface area contributed by atoms with Crippen molar-refractivity contribution in [1.29, 1.82) is 0 Å². The Hall–Kier alpha value is -2.04. The highest BCUT2D eigenvalue weighted by Crippen LogP contribution is 2.18. The Kier molecular flexibility index (Phi) is 7.59. The number of unbranched alkanes of at least 4 members (excludes halogenated alkanes) is 2. The van der Waals surface area contributed by atoms with E-state index in [0.717, 1.165) is 30.4 Å². The molecule has 0 aliphatic heterocycles. The molecule has 0 N–H and O–H groups in total. The van der Waals surface area contributed by atoms with Gasteiger partial charge < -0.3 is 9.78 Å². The molecular weight excluding hydrogens is 304 g/mol. The van der Waals surface area contributed by atoms with Crippen LogP contribution in [-0.4, -0.2) is 6.29 Å². The van der Waals surface area contributed by atoms with Crippen LogP contribution in [0.25, 0.3) is 0 Å². The first kappa shape index (κ1) is 18.3. The third-order valence-electron chi connectivity index (χ3n) is 3.53. The zero-order valence-electron chi connectivity index (χ0n) is 14.7. The summed E-state index contributed by atoms with van der Waals surface area (Å²) in [6.07, 6.45) is 3.33. The van der Waals surface area contributed by atoms with Crippen molar-refractivity contribution >= 4 is 0 Å². The monoisotopic (exact) mass is 330 g/mol. The Bertz CT molecular complexity index is 563. The Morgan fingerprint density at radius 3 is 1.79 bits per heavy atom. The Balaban J connectivity index is 1.88. The molecule has 2 rings (SSSR count). The first-order valence-corrected chi connectivity index (χ1v) is 8.47. The second-order valence-electron chi connectivity index (χ2n) is 5.92. The second-order valence-corrected chi connectivity index (χ2v) is 5.92. The summed E-state index contributed by atoms with van der Waals surface area (Å²) in [5, 5.41) is 0. The maximum absolute atomic E-state index is 5.43. The van der Waals surface area contributed by atoms with Crippen molar-refractivity contribution in [2.45, 2.75) is 52.7 Å². The number of hydrogen-bond donors (Lipinski definition) is 0. The van der Waals surface area contributed by atoms with Gasteiger partial charge in [0, 0.05) is 6.42 Å². The van der Waals surface area contributed by atoms with Crippen LogP contribution < -0.4 is 9.78 Å². The summed E-state index contributed by atoms with van der Waals surface area (Å²) in [7, 11) is 0. The smallest absolute Gasteiger partial charge is 0.247 e. The predicted molar refractivity (Wildman–Crippen MR) is 93.7 cm³/mol. The van der Waals surface area contributed by atoms with Crippen molar-refractivity contribution in [2.75, 3.05) is 0 Å². The molecule has 0 aliphatic carbocycles. The lowest BCUT2D eigenvalue weighted by Gasteiger charge is -2.16. The van der Waals surface area contributed by atoms with Crippen LogP contribution >= 0.6 is 0 Å². The summed E-state index contributed by atoms with van der Waals surface area (Å²) >= 11 is 0. The van der Waals surface area contributed by atoms with E-state index < -0.39 is 6.29 Å². The van der Waals surface area contributed by atoms with Gasteiger partial charge in [0.25, 0.3) is 0 Å². The zero-order chi connectivity index (χ0) is 17.2. The van der Waals surface area contributed by atoms with E-state index in [1.165, 1.54) is 0 Å². The van der Waals surface area contributed by atoms with Gasteiger partial charge in [-0.25, -0.2) is 0 Å². The van der Waals surface area contributed by atoms with Gasteiger partial charge in [-0.1, -0.05) is 44.0 Å². The highest BCUT2D eigenvalue weighted by atomic mass is 17.3. The molecule has 0 fully saturated rings. The molecule has 0 spiro atoms. The van der Waals surface area contributed by atoms with Crippen LogP contribution in [0.5, 0.6) is 11.5 Å². The number of benzene rings is 2. The SMILES string of the molecule is CCCCCC(OOc1cccc(C)c1)OOc1cccc(C)c1. The van der Waals surface area contributed by atoms with Gasteiger partial charge in [0.15, 0.2) is 11.5 Å². The number of aryl methyl sites for hydroxylation is 2. The summed E-state index contributed by atoms with van der Waals surface area (Å²) < 4.78 is 0. The number of hydrogen-bond acceptors (Lipinski definition) is 4. The summed E-state index contributed by atoms with van der Waals surface area (Å²) in [5.74, 6) is 1.30. The molecule has 0 unspecified atom stereocenters. The van der Waals surface area contributed by atoms with E-state index in [0.29, 0.717) is 17.9 Å². The van der Waals surface area contributed by atoms with Crippen molar-refractivity contribution in [1.82, 2.24) is 0 Å². The largest absolute Gasteiger partial charge is 0.335 e. The molecule has 0 bridgehead atoms.